The Morgan fingerprint density at radius 1 is 0.844 bits per heavy atom. The molecule has 0 spiro atoms. The van der Waals surface area contributed by atoms with E-state index in [2.05, 4.69) is 6.92 Å². The van der Waals surface area contributed by atoms with Crippen LogP contribution in [0.1, 0.15) is 104 Å². The van der Waals surface area contributed by atoms with Crippen LogP contribution in [0.15, 0.2) is 0 Å². The van der Waals surface area contributed by atoms with Crippen LogP contribution >= 0.6 is 7.82 Å². The van der Waals surface area contributed by atoms with Gasteiger partial charge in [-0.2, -0.15) is 0 Å². The molecule has 0 aromatic heterocycles. The van der Waals surface area contributed by atoms with Gasteiger partial charge in [-0.1, -0.05) is 84.0 Å². The Morgan fingerprint density at radius 3 is 1.78 bits per heavy atom. The monoisotopic (exact) mass is 479 g/mol. The minimum atomic E-state index is -4.38. The molecule has 0 aliphatic carbocycles. The van der Waals surface area contributed by atoms with Gasteiger partial charge < -0.3 is 23.2 Å². The van der Waals surface area contributed by atoms with E-state index in [4.69, 9.17) is 13.8 Å². The summed E-state index contributed by atoms with van der Waals surface area (Å²) in [5.41, 5.74) is 0. The Labute approximate surface area is 197 Å². The zero-order chi connectivity index (χ0) is 24.3. The third kappa shape index (κ3) is 22.7. The van der Waals surface area contributed by atoms with E-state index in [1.54, 1.807) is 6.92 Å². The highest BCUT2D eigenvalue weighted by Gasteiger charge is 2.16. The molecule has 192 valence electrons. The van der Waals surface area contributed by atoms with Crippen LogP contribution in [-0.4, -0.2) is 57.5 Å². The number of hydrogen-bond acceptors (Lipinski definition) is 6. The number of unbranched alkanes of at least 4 members (excludes halogenated alkanes) is 12. The van der Waals surface area contributed by atoms with E-state index in [0.29, 0.717) is 17.4 Å². The third-order valence-corrected chi connectivity index (χ3v) is 6.26. The quantitative estimate of drug-likeness (QED) is 0.0869. The molecule has 0 radical (unpaired) electrons. The van der Waals surface area contributed by atoms with Crippen molar-refractivity contribution in [3.05, 3.63) is 0 Å². The van der Waals surface area contributed by atoms with Crippen molar-refractivity contribution < 1.29 is 32.5 Å². The minimum absolute atomic E-state index is 0.0531. The van der Waals surface area contributed by atoms with Crippen LogP contribution in [0.5, 0.6) is 0 Å². The number of rotatable bonds is 22. The predicted molar refractivity (Wildman–Crippen MR) is 128 cm³/mol. The van der Waals surface area contributed by atoms with Crippen LogP contribution in [0.2, 0.25) is 0 Å². The van der Waals surface area contributed by atoms with Gasteiger partial charge in [0.15, 0.2) is 0 Å². The van der Waals surface area contributed by atoms with Gasteiger partial charge in [0.1, 0.15) is 19.3 Å². The number of quaternary nitrogens is 1. The fourth-order valence-electron chi connectivity index (χ4n) is 3.26. The Kier molecular flexibility index (Phi) is 18.6. The Balaban J connectivity index is 3.60. The molecule has 2 atom stereocenters. The fraction of sp³-hybridized carbons (Fsp3) is 0.958. The molecular weight excluding hydrogens is 429 g/mol. The summed E-state index contributed by atoms with van der Waals surface area (Å²) in [6.07, 6.45) is 16.0. The molecule has 0 saturated heterocycles. The predicted octanol–water partition coefficient (Wildman–Crippen LogP) is 5.61. The average molecular weight is 480 g/mol. The summed E-state index contributed by atoms with van der Waals surface area (Å²) in [4.78, 5) is 23.7. The molecule has 0 amide bonds. The second-order valence-corrected chi connectivity index (χ2v) is 11.3. The lowest BCUT2D eigenvalue weighted by Crippen LogP contribution is -2.37. The summed E-state index contributed by atoms with van der Waals surface area (Å²) in [7, 11) is 1.45. The molecule has 0 aliphatic heterocycles. The summed E-state index contributed by atoms with van der Waals surface area (Å²) in [6, 6.07) is 0. The maximum atomic E-state index is 11.9. The molecule has 32 heavy (non-hydrogen) atoms. The van der Waals surface area contributed by atoms with Crippen molar-refractivity contribution in [2.24, 2.45) is 0 Å². The van der Waals surface area contributed by atoms with Crippen molar-refractivity contribution in [1.82, 2.24) is 0 Å². The summed E-state index contributed by atoms with van der Waals surface area (Å²) in [6.45, 7) is 4.24. The van der Waals surface area contributed by atoms with Gasteiger partial charge in [-0.25, -0.2) is 0 Å². The second-order valence-electron chi connectivity index (χ2n) is 9.88. The van der Waals surface area contributed by atoms with E-state index in [1.165, 1.54) is 64.2 Å². The van der Waals surface area contributed by atoms with Crippen molar-refractivity contribution in [1.29, 1.82) is 0 Å². The molecule has 8 heteroatoms. The lowest BCUT2D eigenvalue weighted by molar-refractivity contribution is -0.870. The number of phosphoric ester groups is 1. The van der Waals surface area contributed by atoms with Crippen molar-refractivity contribution in [2.45, 2.75) is 110 Å². The third-order valence-electron chi connectivity index (χ3n) is 5.30. The second kappa shape index (κ2) is 18.9. The maximum Gasteiger partial charge on any atom is 0.306 e. The average Bonchev–Trinajstić information content (AvgIpc) is 2.69. The highest BCUT2D eigenvalue weighted by molar-refractivity contribution is 7.45. The molecule has 0 bridgehead atoms. The lowest BCUT2D eigenvalue weighted by atomic mass is 10.0. The molecule has 0 fully saturated rings. The number of carbonyl (C=O) groups excluding carboxylic acids is 1. The number of nitrogens with zero attached hydrogens (tertiary/aromatic N) is 1. The van der Waals surface area contributed by atoms with Crippen LogP contribution in [0.4, 0.5) is 0 Å². The highest BCUT2D eigenvalue weighted by atomic mass is 31.2. The Bertz CT molecular complexity index is 509. The first-order valence-electron chi connectivity index (χ1n) is 12.7. The molecule has 0 N–H and O–H groups in total. The zero-order valence-electron chi connectivity index (χ0n) is 21.4. The molecule has 0 aromatic carbocycles. The SMILES string of the molecule is CCCCCCCCCCCCCCCC(=O)O[C@@H](C)COP(=O)([O-])OCC[N+](C)(C)C. The largest absolute Gasteiger partial charge is 0.756 e. The van der Waals surface area contributed by atoms with Gasteiger partial charge in [0, 0.05) is 6.42 Å². The van der Waals surface area contributed by atoms with E-state index in [0.717, 1.165) is 19.3 Å². The van der Waals surface area contributed by atoms with Gasteiger partial charge in [0.05, 0.1) is 27.7 Å². The molecule has 0 aromatic rings. The van der Waals surface area contributed by atoms with E-state index in [1.807, 2.05) is 21.1 Å². The van der Waals surface area contributed by atoms with E-state index < -0.39 is 13.9 Å². The van der Waals surface area contributed by atoms with Crippen LogP contribution in [0, 0.1) is 0 Å². The molecule has 0 heterocycles. The number of ether oxygens (including phenoxy) is 1. The van der Waals surface area contributed by atoms with Gasteiger partial charge in [-0.05, 0) is 13.3 Å². The summed E-state index contributed by atoms with van der Waals surface area (Å²) in [5, 5.41) is 0. The molecular formula is C24H50NO6P. The summed E-state index contributed by atoms with van der Waals surface area (Å²) in [5.74, 6) is -0.309. The normalized spacial score (nSPS) is 14.8. The first-order chi connectivity index (χ1) is 15.1. The Hall–Kier alpha value is -0.460. The van der Waals surface area contributed by atoms with Gasteiger partial charge in [0.2, 0.25) is 0 Å². The molecule has 0 saturated carbocycles. The smallest absolute Gasteiger partial charge is 0.306 e. The van der Waals surface area contributed by atoms with E-state index in [-0.39, 0.29) is 19.2 Å². The molecule has 1 unspecified atom stereocenters. The minimum Gasteiger partial charge on any atom is -0.756 e. The number of carbonyl (C=O) groups is 1. The first-order valence-corrected chi connectivity index (χ1v) is 14.1. The topological polar surface area (TPSA) is 84.9 Å². The van der Waals surface area contributed by atoms with Crippen LogP contribution in [0.25, 0.3) is 0 Å². The number of phosphoric acid groups is 1. The van der Waals surface area contributed by atoms with Crippen molar-refractivity contribution >= 4 is 13.8 Å². The molecule has 7 nitrogen and oxygen atoms in total. The van der Waals surface area contributed by atoms with Gasteiger partial charge in [-0.3, -0.25) is 9.36 Å². The van der Waals surface area contributed by atoms with Gasteiger partial charge >= 0.3 is 5.97 Å². The highest BCUT2D eigenvalue weighted by Crippen LogP contribution is 2.38. The van der Waals surface area contributed by atoms with Crippen LogP contribution in [0.3, 0.4) is 0 Å². The summed E-state index contributed by atoms with van der Waals surface area (Å²) < 4.78 is 27.2. The van der Waals surface area contributed by atoms with Gasteiger partial charge in [0.25, 0.3) is 7.82 Å². The first kappa shape index (κ1) is 31.5. The number of likely N-dealkylation sites (N-methyl/N-ethyl adjacent to an activating group) is 1. The van der Waals surface area contributed by atoms with Crippen LogP contribution in [-0.2, 0) is 23.1 Å². The fourth-order valence-corrected chi connectivity index (χ4v) is 4.04. The number of hydrogen-bond donors (Lipinski definition) is 0. The standard InChI is InChI=1S/C24H50NO6P/c1-6-7-8-9-10-11-12-13-14-15-16-17-18-19-24(26)31-23(2)22-30-32(27,28)29-21-20-25(3,4)5/h23H,6-22H2,1-5H3/t23-/m0/s1. The van der Waals surface area contributed by atoms with Crippen molar-refractivity contribution in [3.8, 4) is 0 Å². The van der Waals surface area contributed by atoms with Crippen LogP contribution < -0.4 is 4.89 Å². The molecule has 0 aliphatic rings. The summed E-state index contributed by atoms with van der Waals surface area (Å²) >= 11 is 0. The van der Waals surface area contributed by atoms with E-state index >= 15 is 0 Å². The maximum absolute atomic E-state index is 11.9. The van der Waals surface area contributed by atoms with Crippen molar-refractivity contribution in [3.63, 3.8) is 0 Å². The number of esters is 1. The zero-order valence-corrected chi connectivity index (χ0v) is 22.3. The lowest BCUT2D eigenvalue weighted by Gasteiger charge is -2.27. The Morgan fingerprint density at radius 2 is 1.31 bits per heavy atom. The van der Waals surface area contributed by atoms with Gasteiger partial charge in [-0.15, -0.1) is 0 Å². The van der Waals surface area contributed by atoms with E-state index in [9.17, 15) is 14.3 Å². The van der Waals surface area contributed by atoms with Crippen molar-refractivity contribution in [2.75, 3.05) is 40.9 Å². The molecule has 0 rings (SSSR count).